The summed E-state index contributed by atoms with van der Waals surface area (Å²) in [4.78, 5) is 11.1. The van der Waals surface area contributed by atoms with Gasteiger partial charge in [-0.2, -0.15) is 0 Å². The van der Waals surface area contributed by atoms with Gasteiger partial charge >= 0.3 is 0 Å². The summed E-state index contributed by atoms with van der Waals surface area (Å²) in [5.41, 5.74) is 5.92. The first-order chi connectivity index (χ1) is 7.72. The van der Waals surface area contributed by atoms with Crippen molar-refractivity contribution in [1.29, 1.82) is 0 Å². The van der Waals surface area contributed by atoms with Gasteiger partial charge < -0.3 is 10.5 Å². The molecule has 16 heavy (non-hydrogen) atoms. The van der Waals surface area contributed by atoms with E-state index in [1.165, 1.54) is 10.9 Å². The third-order valence-corrected chi connectivity index (χ3v) is 2.12. The van der Waals surface area contributed by atoms with Crippen LogP contribution in [0.15, 0.2) is 30.6 Å². The van der Waals surface area contributed by atoms with Gasteiger partial charge in [-0.1, -0.05) is 0 Å². The Hall–Kier alpha value is -2.37. The van der Waals surface area contributed by atoms with Crippen LogP contribution in [0.2, 0.25) is 0 Å². The fraction of sp³-hybridized carbons (Fsp3) is 0.100. The van der Waals surface area contributed by atoms with Crippen LogP contribution in [0.25, 0.3) is 5.69 Å². The third-order valence-electron chi connectivity index (χ3n) is 2.12. The van der Waals surface area contributed by atoms with Crippen molar-refractivity contribution in [2.75, 3.05) is 7.11 Å². The van der Waals surface area contributed by atoms with Crippen LogP contribution in [-0.4, -0.2) is 27.8 Å². The normalized spacial score (nSPS) is 10.1. The van der Waals surface area contributed by atoms with Crippen molar-refractivity contribution in [2.45, 2.75) is 0 Å². The summed E-state index contributed by atoms with van der Waals surface area (Å²) in [5.74, 6) is 0.218. The smallest absolute Gasteiger partial charge is 0.287 e. The lowest BCUT2D eigenvalue weighted by Crippen LogP contribution is -2.17. The summed E-state index contributed by atoms with van der Waals surface area (Å²) in [6.45, 7) is 0. The number of carbonyl (C=O) groups excluding carboxylic acids is 1. The van der Waals surface area contributed by atoms with Crippen molar-refractivity contribution in [2.24, 2.45) is 5.73 Å². The van der Waals surface area contributed by atoms with Crippen LogP contribution in [-0.2, 0) is 0 Å². The van der Waals surface area contributed by atoms with Gasteiger partial charge in [0.2, 0.25) is 5.82 Å². The van der Waals surface area contributed by atoms with Crippen LogP contribution in [0, 0.1) is 0 Å². The maximum Gasteiger partial charge on any atom is 0.287 e. The van der Waals surface area contributed by atoms with Crippen molar-refractivity contribution in [3.05, 3.63) is 36.4 Å². The highest BCUT2D eigenvalue weighted by atomic mass is 16.5. The fourth-order valence-electron chi connectivity index (χ4n) is 1.33. The first-order valence-corrected chi connectivity index (χ1v) is 4.56. The number of nitrogens with two attached hydrogens (primary N) is 1. The van der Waals surface area contributed by atoms with E-state index in [1.54, 1.807) is 31.4 Å². The molecule has 2 aromatic rings. The molecule has 1 aromatic heterocycles. The lowest BCUT2D eigenvalue weighted by Gasteiger charge is -2.05. The zero-order valence-electron chi connectivity index (χ0n) is 8.62. The minimum Gasteiger partial charge on any atom is -0.497 e. The average molecular weight is 218 g/mol. The number of aromatic nitrogens is 3. The summed E-state index contributed by atoms with van der Waals surface area (Å²) in [5, 5.41) is 7.29. The van der Waals surface area contributed by atoms with Crippen molar-refractivity contribution in [1.82, 2.24) is 14.8 Å². The Morgan fingerprint density at radius 1 is 1.38 bits per heavy atom. The van der Waals surface area contributed by atoms with Gasteiger partial charge in [0.05, 0.1) is 7.11 Å². The van der Waals surface area contributed by atoms with E-state index in [-0.39, 0.29) is 5.82 Å². The fourth-order valence-corrected chi connectivity index (χ4v) is 1.33. The van der Waals surface area contributed by atoms with Crippen LogP contribution in [0.1, 0.15) is 10.6 Å². The first-order valence-electron chi connectivity index (χ1n) is 4.56. The molecule has 0 unspecified atom stereocenters. The third kappa shape index (κ3) is 1.72. The number of hydrogen-bond acceptors (Lipinski definition) is 4. The van der Waals surface area contributed by atoms with E-state index in [4.69, 9.17) is 10.5 Å². The Labute approximate surface area is 91.7 Å². The number of carbonyl (C=O) groups is 1. The second kappa shape index (κ2) is 4.01. The summed E-state index contributed by atoms with van der Waals surface area (Å²) >= 11 is 0. The van der Waals surface area contributed by atoms with E-state index in [9.17, 15) is 4.79 Å². The molecule has 0 atom stereocenters. The Kier molecular flexibility index (Phi) is 2.55. The maximum absolute atomic E-state index is 11.1. The van der Waals surface area contributed by atoms with Gasteiger partial charge in [0.1, 0.15) is 12.1 Å². The van der Waals surface area contributed by atoms with Crippen molar-refractivity contribution in [3.8, 4) is 11.4 Å². The highest BCUT2D eigenvalue weighted by Gasteiger charge is 2.11. The Morgan fingerprint density at radius 3 is 2.62 bits per heavy atom. The highest BCUT2D eigenvalue weighted by Crippen LogP contribution is 2.15. The molecule has 0 saturated carbocycles. The highest BCUT2D eigenvalue weighted by molar-refractivity contribution is 5.89. The number of rotatable bonds is 3. The predicted molar refractivity (Wildman–Crippen MR) is 56.4 cm³/mol. The SMILES string of the molecule is COc1ccc(-n2cnnc2C(N)=O)cc1. The van der Waals surface area contributed by atoms with Crippen LogP contribution in [0.3, 0.4) is 0 Å². The Morgan fingerprint density at radius 2 is 2.06 bits per heavy atom. The number of amides is 1. The van der Waals surface area contributed by atoms with Crippen LogP contribution < -0.4 is 10.5 Å². The second-order valence-electron chi connectivity index (χ2n) is 3.09. The Bertz CT molecular complexity index is 504. The zero-order chi connectivity index (χ0) is 11.5. The molecule has 1 aromatic carbocycles. The average Bonchev–Trinajstić information content (AvgIpc) is 2.78. The molecule has 0 aliphatic carbocycles. The molecule has 0 bridgehead atoms. The monoisotopic (exact) mass is 218 g/mol. The molecule has 0 fully saturated rings. The molecule has 0 aliphatic heterocycles. The standard InChI is InChI=1S/C10H10N4O2/c1-16-8-4-2-7(3-5-8)14-6-12-13-10(14)9(11)15/h2-6H,1H3,(H2,11,15). The van der Waals surface area contributed by atoms with Gasteiger partial charge in [0, 0.05) is 5.69 Å². The number of methoxy groups -OCH3 is 1. The summed E-state index contributed by atoms with van der Waals surface area (Å²) in [7, 11) is 1.59. The number of benzene rings is 1. The number of ether oxygens (including phenoxy) is 1. The quantitative estimate of drug-likeness (QED) is 0.807. The topological polar surface area (TPSA) is 83.0 Å². The number of nitrogens with zero attached hydrogens (tertiary/aromatic N) is 3. The molecule has 6 heteroatoms. The minimum atomic E-state index is -0.617. The van der Waals surface area contributed by atoms with Crippen molar-refractivity contribution >= 4 is 5.91 Å². The molecule has 0 spiro atoms. The lowest BCUT2D eigenvalue weighted by molar-refractivity contribution is 0.0988. The largest absolute Gasteiger partial charge is 0.497 e. The van der Waals surface area contributed by atoms with E-state index in [2.05, 4.69) is 10.2 Å². The number of primary amides is 1. The van der Waals surface area contributed by atoms with E-state index in [0.717, 1.165) is 11.4 Å². The van der Waals surface area contributed by atoms with Gasteiger partial charge in [0.15, 0.2) is 0 Å². The van der Waals surface area contributed by atoms with E-state index >= 15 is 0 Å². The molecule has 1 heterocycles. The molecule has 0 aliphatic rings. The molecule has 2 N–H and O–H groups in total. The number of hydrogen-bond donors (Lipinski definition) is 1. The van der Waals surface area contributed by atoms with Gasteiger partial charge in [0.25, 0.3) is 5.91 Å². The van der Waals surface area contributed by atoms with Gasteiger partial charge in [-0.25, -0.2) is 0 Å². The van der Waals surface area contributed by atoms with E-state index in [1.807, 2.05) is 0 Å². The minimum absolute atomic E-state index is 0.102. The summed E-state index contributed by atoms with van der Waals surface area (Å²) < 4.78 is 6.55. The lowest BCUT2D eigenvalue weighted by atomic mass is 10.3. The molecule has 6 nitrogen and oxygen atoms in total. The zero-order valence-corrected chi connectivity index (χ0v) is 8.62. The Balaban J connectivity index is 2.42. The molecule has 0 saturated heterocycles. The van der Waals surface area contributed by atoms with Gasteiger partial charge in [-0.3, -0.25) is 9.36 Å². The second-order valence-corrected chi connectivity index (χ2v) is 3.09. The molecule has 2 rings (SSSR count). The summed E-state index contributed by atoms with van der Waals surface area (Å²) in [6.07, 6.45) is 1.43. The molecular weight excluding hydrogens is 208 g/mol. The van der Waals surface area contributed by atoms with Crippen LogP contribution in [0.5, 0.6) is 5.75 Å². The summed E-state index contributed by atoms with van der Waals surface area (Å²) in [6, 6.07) is 7.13. The molecule has 0 radical (unpaired) electrons. The van der Waals surface area contributed by atoms with Gasteiger partial charge in [-0.15, -0.1) is 10.2 Å². The van der Waals surface area contributed by atoms with Gasteiger partial charge in [-0.05, 0) is 24.3 Å². The molecule has 1 amide bonds. The van der Waals surface area contributed by atoms with E-state index < -0.39 is 5.91 Å². The maximum atomic E-state index is 11.1. The predicted octanol–water partition coefficient (Wildman–Crippen LogP) is 0.375. The van der Waals surface area contributed by atoms with Crippen LogP contribution >= 0.6 is 0 Å². The molecule has 82 valence electrons. The molecular formula is C10H10N4O2. The first kappa shape index (κ1) is 10.2. The van der Waals surface area contributed by atoms with E-state index in [0.29, 0.717) is 0 Å². The van der Waals surface area contributed by atoms with Crippen molar-refractivity contribution < 1.29 is 9.53 Å². The van der Waals surface area contributed by atoms with Crippen molar-refractivity contribution in [3.63, 3.8) is 0 Å². The van der Waals surface area contributed by atoms with Crippen LogP contribution in [0.4, 0.5) is 0 Å².